The van der Waals surface area contributed by atoms with E-state index in [9.17, 15) is 4.79 Å². The molecule has 0 bridgehead atoms. The molecule has 3 rings (SSSR count). The van der Waals surface area contributed by atoms with Gasteiger partial charge in [-0.05, 0) is 30.7 Å². The maximum absolute atomic E-state index is 12.0. The van der Waals surface area contributed by atoms with Gasteiger partial charge in [-0.1, -0.05) is 54.4 Å². The van der Waals surface area contributed by atoms with Crippen LogP contribution in [0.2, 0.25) is 10.2 Å². The Labute approximate surface area is 161 Å². The smallest absolute Gasteiger partial charge is 0.331 e. The Hall–Kier alpha value is -2.50. The molecule has 0 aliphatic carbocycles. The Kier molecular flexibility index (Phi) is 5.81. The summed E-state index contributed by atoms with van der Waals surface area (Å²) < 4.78 is 2.05. The number of hydrogen-bond acceptors (Lipinski definition) is 2. The Morgan fingerprint density at radius 1 is 1.19 bits per heavy atom. The number of rotatable bonds is 5. The molecule has 0 saturated carbocycles. The molecule has 2 aromatic carbocycles. The fraction of sp³-hybridized carbons (Fsp3) is 0.158. The lowest BCUT2D eigenvalue weighted by Gasteiger charge is -2.04. The molecule has 7 heteroatoms. The fourth-order valence-corrected chi connectivity index (χ4v) is 3.26. The van der Waals surface area contributed by atoms with Crippen molar-refractivity contribution in [2.45, 2.75) is 19.9 Å². The number of anilines is 1. The largest absolute Gasteiger partial charge is 0.339 e. The summed E-state index contributed by atoms with van der Waals surface area (Å²) in [4.78, 5) is 12.0. The lowest BCUT2D eigenvalue weighted by atomic mass is 10.2. The topological polar surface area (TPSA) is 58.4 Å². The molecule has 0 aliphatic heterocycles. The van der Waals surface area contributed by atoms with Gasteiger partial charge in [-0.3, -0.25) is 0 Å². The molecule has 1 heterocycles. The lowest BCUT2D eigenvalue weighted by molar-refractivity contribution is 0.252. The molecule has 0 atom stereocenters. The number of urea groups is 1. The van der Waals surface area contributed by atoms with Crippen LogP contribution < -0.4 is 10.7 Å². The van der Waals surface area contributed by atoms with Crippen LogP contribution in [0, 0.1) is 0 Å². The second-order valence-electron chi connectivity index (χ2n) is 5.71. The summed E-state index contributed by atoms with van der Waals surface area (Å²) in [5, 5.41) is 8.83. The van der Waals surface area contributed by atoms with Crippen molar-refractivity contribution in [1.29, 1.82) is 0 Å². The average Bonchev–Trinajstić information content (AvgIpc) is 2.88. The molecule has 3 aromatic rings. The number of halogens is 2. The highest BCUT2D eigenvalue weighted by Gasteiger charge is 2.13. The molecule has 2 amide bonds. The van der Waals surface area contributed by atoms with E-state index in [0.29, 0.717) is 15.9 Å². The van der Waals surface area contributed by atoms with Crippen LogP contribution in [0.25, 0.3) is 10.9 Å². The zero-order valence-electron chi connectivity index (χ0n) is 14.2. The third kappa shape index (κ3) is 4.00. The Morgan fingerprint density at radius 3 is 2.77 bits per heavy atom. The van der Waals surface area contributed by atoms with E-state index in [1.807, 2.05) is 28.8 Å². The van der Waals surface area contributed by atoms with Crippen LogP contribution in [0.5, 0.6) is 0 Å². The number of hydrogen-bond donors (Lipinski definition) is 2. The Bertz CT molecular complexity index is 965. The maximum atomic E-state index is 12.0. The van der Waals surface area contributed by atoms with Gasteiger partial charge in [0, 0.05) is 33.7 Å². The van der Waals surface area contributed by atoms with Gasteiger partial charge in [-0.2, -0.15) is 5.10 Å². The molecule has 0 saturated heterocycles. The van der Waals surface area contributed by atoms with E-state index in [1.165, 1.54) is 0 Å². The van der Waals surface area contributed by atoms with E-state index >= 15 is 0 Å². The maximum Gasteiger partial charge on any atom is 0.339 e. The van der Waals surface area contributed by atoms with E-state index in [1.54, 1.807) is 30.5 Å². The Morgan fingerprint density at radius 2 is 2.00 bits per heavy atom. The first-order valence-corrected chi connectivity index (χ1v) is 8.98. The van der Waals surface area contributed by atoms with Crippen molar-refractivity contribution in [1.82, 2.24) is 9.99 Å². The summed E-state index contributed by atoms with van der Waals surface area (Å²) in [6, 6.07) is 14.4. The predicted octanol–water partition coefficient (Wildman–Crippen LogP) is 5.51. The van der Waals surface area contributed by atoms with Crippen molar-refractivity contribution >= 4 is 52.0 Å². The van der Waals surface area contributed by atoms with Gasteiger partial charge in [0.25, 0.3) is 0 Å². The van der Waals surface area contributed by atoms with Crippen LogP contribution in [0.15, 0.2) is 53.6 Å². The van der Waals surface area contributed by atoms with Gasteiger partial charge in [-0.15, -0.1) is 0 Å². The summed E-state index contributed by atoms with van der Waals surface area (Å²) in [6.07, 6.45) is 2.53. The van der Waals surface area contributed by atoms with E-state index < -0.39 is 6.03 Å². The number of para-hydroxylation sites is 1. The van der Waals surface area contributed by atoms with Gasteiger partial charge in [-0.25, -0.2) is 10.2 Å². The summed E-state index contributed by atoms with van der Waals surface area (Å²) in [5.41, 5.74) is 4.85. The van der Waals surface area contributed by atoms with Crippen LogP contribution >= 0.6 is 23.2 Å². The zero-order valence-corrected chi connectivity index (χ0v) is 15.7. The third-order valence-electron chi connectivity index (χ3n) is 3.83. The molecule has 0 aliphatic rings. The molecule has 1 aromatic heterocycles. The summed E-state index contributed by atoms with van der Waals surface area (Å²) in [7, 11) is 0. The van der Waals surface area contributed by atoms with Crippen LogP contribution in [0.3, 0.4) is 0 Å². The molecular formula is C19H18Cl2N4O. The van der Waals surface area contributed by atoms with Gasteiger partial charge in [0.15, 0.2) is 0 Å². The van der Waals surface area contributed by atoms with Crippen LogP contribution in [-0.4, -0.2) is 16.8 Å². The lowest BCUT2D eigenvalue weighted by Crippen LogP contribution is -2.24. The second kappa shape index (κ2) is 8.25. The van der Waals surface area contributed by atoms with Gasteiger partial charge in [0.05, 0.1) is 6.21 Å². The highest BCUT2D eigenvalue weighted by Crippen LogP contribution is 2.29. The molecule has 0 spiro atoms. The van der Waals surface area contributed by atoms with E-state index in [2.05, 4.69) is 22.8 Å². The number of nitrogens with one attached hydrogen (secondary N) is 2. The minimum absolute atomic E-state index is 0.461. The summed E-state index contributed by atoms with van der Waals surface area (Å²) in [5.74, 6) is 0. The first kappa shape index (κ1) is 18.3. The quantitative estimate of drug-likeness (QED) is 0.439. The minimum Gasteiger partial charge on any atom is -0.331 e. The highest BCUT2D eigenvalue weighted by molar-refractivity contribution is 6.34. The van der Waals surface area contributed by atoms with Crippen molar-refractivity contribution in [2.24, 2.45) is 5.10 Å². The second-order valence-corrected chi connectivity index (χ2v) is 6.50. The number of carbonyl (C=O) groups is 1. The monoisotopic (exact) mass is 388 g/mol. The third-order valence-corrected chi connectivity index (χ3v) is 4.48. The fourth-order valence-electron chi connectivity index (χ4n) is 2.74. The molecule has 5 nitrogen and oxygen atoms in total. The number of hydrazone groups is 1. The van der Waals surface area contributed by atoms with Crippen molar-refractivity contribution in [3.63, 3.8) is 0 Å². The number of fused-ring (bicyclic) bond motifs is 1. The summed E-state index contributed by atoms with van der Waals surface area (Å²) >= 11 is 12.4. The number of amides is 2. The number of nitrogens with zero attached hydrogens (tertiary/aromatic N) is 2. The first-order valence-electron chi connectivity index (χ1n) is 8.22. The zero-order chi connectivity index (χ0) is 18.5. The normalized spacial score (nSPS) is 11.2. The molecule has 0 unspecified atom stereocenters. The Balaban J connectivity index is 1.76. The molecule has 0 fully saturated rings. The minimum atomic E-state index is -0.461. The SMILES string of the molecule is CCCn1c(Cl)c(/C=N/NC(=O)Nc2cccc(Cl)c2)c2ccccc21. The van der Waals surface area contributed by atoms with E-state index in [4.69, 9.17) is 23.2 Å². The molecule has 2 N–H and O–H groups in total. The van der Waals surface area contributed by atoms with Crippen molar-refractivity contribution in [2.75, 3.05) is 5.32 Å². The number of carbonyl (C=O) groups excluding carboxylic acids is 1. The van der Waals surface area contributed by atoms with Crippen LogP contribution in [0.4, 0.5) is 10.5 Å². The van der Waals surface area contributed by atoms with Gasteiger partial charge >= 0.3 is 6.03 Å². The van der Waals surface area contributed by atoms with Crippen LogP contribution in [0.1, 0.15) is 18.9 Å². The number of benzene rings is 2. The first-order chi connectivity index (χ1) is 12.6. The van der Waals surface area contributed by atoms with Crippen molar-refractivity contribution < 1.29 is 4.79 Å². The average molecular weight is 389 g/mol. The van der Waals surface area contributed by atoms with Crippen molar-refractivity contribution in [3.8, 4) is 0 Å². The molecule has 134 valence electrons. The standard InChI is InChI=1S/C19H18Cl2N4O/c1-2-10-25-17-9-4-3-8-15(17)16(18(25)21)12-22-24-19(26)23-14-7-5-6-13(20)11-14/h3-9,11-12H,2,10H2,1H3,(H2,23,24,26)/b22-12+. The van der Waals surface area contributed by atoms with E-state index in [0.717, 1.165) is 29.4 Å². The highest BCUT2D eigenvalue weighted by atomic mass is 35.5. The van der Waals surface area contributed by atoms with Crippen molar-refractivity contribution in [3.05, 3.63) is 64.3 Å². The molecule has 26 heavy (non-hydrogen) atoms. The summed E-state index contributed by atoms with van der Waals surface area (Å²) in [6.45, 7) is 2.91. The van der Waals surface area contributed by atoms with Crippen LogP contribution in [-0.2, 0) is 6.54 Å². The predicted molar refractivity (Wildman–Crippen MR) is 108 cm³/mol. The number of aromatic nitrogens is 1. The van der Waals surface area contributed by atoms with Gasteiger partial charge in [0.2, 0.25) is 0 Å². The number of aryl methyl sites for hydroxylation is 1. The molecular weight excluding hydrogens is 371 g/mol. The van der Waals surface area contributed by atoms with E-state index in [-0.39, 0.29) is 0 Å². The van der Waals surface area contributed by atoms with Gasteiger partial charge in [0.1, 0.15) is 5.15 Å². The molecule has 0 radical (unpaired) electrons. The van der Waals surface area contributed by atoms with Gasteiger partial charge < -0.3 is 9.88 Å².